The van der Waals surface area contributed by atoms with Crippen LogP contribution in [0, 0.1) is 11.3 Å². The Morgan fingerprint density at radius 2 is 2.17 bits per heavy atom. The largest absolute Gasteiger partial charge is 0.465 e. The van der Waals surface area contributed by atoms with Crippen molar-refractivity contribution < 1.29 is 14.3 Å². The normalized spacial score (nSPS) is 9.88. The fourth-order valence-electron chi connectivity index (χ4n) is 1.77. The van der Waals surface area contributed by atoms with Crippen LogP contribution in [0.2, 0.25) is 5.02 Å². The predicted molar refractivity (Wildman–Crippen MR) is 95.9 cm³/mol. The fourth-order valence-corrected chi connectivity index (χ4v) is 3.41. The molecular formula is C14H11ClN4O3S2. The van der Waals surface area contributed by atoms with E-state index >= 15 is 0 Å². The van der Waals surface area contributed by atoms with Crippen LogP contribution in [0.25, 0.3) is 10.1 Å². The number of rotatable bonds is 3. The number of thiophene rings is 1. The van der Waals surface area contributed by atoms with Crippen LogP contribution in [-0.4, -0.2) is 24.1 Å². The van der Waals surface area contributed by atoms with Gasteiger partial charge in [-0.15, -0.1) is 11.3 Å². The van der Waals surface area contributed by atoms with Crippen LogP contribution in [-0.2, 0) is 9.53 Å². The highest BCUT2D eigenvalue weighted by molar-refractivity contribution is 7.80. The Labute approximate surface area is 151 Å². The number of hydrogen-bond donors (Lipinski definition) is 3. The molecule has 0 aliphatic carbocycles. The molecule has 0 unspecified atom stereocenters. The van der Waals surface area contributed by atoms with Gasteiger partial charge in [-0.05, 0) is 30.4 Å². The third kappa shape index (κ3) is 4.11. The Bertz CT molecular complexity index is 860. The number of carbonyl (C=O) groups excluding carboxylic acids is 2. The summed E-state index contributed by atoms with van der Waals surface area (Å²) in [5.74, 6) is -0.988. The summed E-state index contributed by atoms with van der Waals surface area (Å²) in [5, 5.41) is 12.5. The average molecular weight is 383 g/mol. The molecular weight excluding hydrogens is 372 g/mol. The molecule has 0 atom stereocenters. The number of anilines is 1. The number of hydrogen-bond acceptors (Lipinski definition) is 6. The van der Waals surface area contributed by atoms with Crippen molar-refractivity contribution in [3.05, 3.63) is 28.1 Å². The second kappa shape index (κ2) is 7.92. The van der Waals surface area contributed by atoms with Gasteiger partial charge in [0.1, 0.15) is 11.3 Å². The molecule has 10 heteroatoms. The minimum absolute atomic E-state index is 0.150. The van der Waals surface area contributed by atoms with Crippen molar-refractivity contribution >= 4 is 67.9 Å². The van der Waals surface area contributed by atoms with Gasteiger partial charge in [0.15, 0.2) is 5.11 Å². The molecule has 0 bridgehead atoms. The molecule has 2 rings (SSSR count). The van der Waals surface area contributed by atoms with Crippen molar-refractivity contribution in [1.29, 1.82) is 5.26 Å². The van der Waals surface area contributed by atoms with Crippen LogP contribution in [0.5, 0.6) is 0 Å². The zero-order valence-corrected chi connectivity index (χ0v) is 14.7. The first-order chi connectivity index (χ1) is 11.5. The maximum absolute atomic E-state index is 11.7. The van der Waals surface area contributed by atoms with E-state index in [4.69, 9.17) is 33.8 Å². The molecule has 24 heavy (non-hydrogen) atoms. The van der Waals surface area contributed by atoms with Crippen LogP contribution in [0.3, 0.4) is 0 Å². The van der Waals surface area contributed by atoms with Crippen molar-refractivity contribution in [1.82, 2.24) is 10.9 Å². The lowest BCUT2D eigenvalue weighted by Gasteiger charge is -2.10. The molecule has 0 aliphatic heterocycles. The molecule has 0 radical (unpaired) electrons. The van der Waals surface area contributed by atoms with Crippen LogP contribution in [0.1, 0.15) is 16.1 Å². The van der Waals surface area contributed by atoms with Crippen molar-refractivity contribution in [3.63, 3.8) is 0 Å². The van der Waals surface area contributed by atoms with E-state index in [0.29, 0.717) is 15.6 Å². The summed E-state index contributed by atoms with van der Waals surface area (Å²) in [4.78, 5) is 23.2. The number of esters is 1. The molecule has 0 aliphatic rings. The Kier molecular flexibility index (Phi) is 5.92. The van der Waals surface area contributed by atoms with Crippen molar-refractivity contribution in [3.8, 4) is 6.07 Å². The summed E-state index contributed by atoms with van der Waals surface area (Å²) in [7, 11) is 1.29. The van der Waals surface area contributed by atoms with Crippen molar-refractivity contribution in [2.45, 2.75) is 6.42 Å². The van der Waals surface area contributed by atoms with Gasteiger partial charge in [-0.25, -0.2) is 4.79 Å². The number of nitrogens with one attached hydrogen (secondary N) is 3. The lowest BCUT2D eigenvalue weighted by atomic mass is 10.2. The number of nitrogens with zero attached hydrogens (tertiary/aromatic N) is 1. The maximum Gasteiger partial charge on any atom is 0.349 e. The molecule has 0 saturated heterocycles. The summed E-state index contributed by atoms with van der Waals surface area (Å²) in [6.07, 6.45) is -0.272. The molecule has 0 spiro atoms. The van der Waals surface area contributed by atoms with Crippen molar-refractivity contribution in [2.75, 3.05) is 12.4 Å². The van der Waals surface area contributed by atoms with Gasteiger partial charge in [0.2, 0.25) is 0 Å². The summed E-state index contributed by atoms with van der Waals surface area (Å²) in [6, 6.07) is 6.96. The number of ether oxygens (including phenoxy) is 1. The Morgan fingerprint density at radius 3 is 2.83 bits per heavy atom. The number of benzene rings is 1. The number of amides is 1. The van der Waals surface area contributed by atoms with Crippen LogP contribution in [0.15, 0.2) is 18.2 Å². The highest BCUT2D eigenvalue weighted by Gasteiger charge is 2.17. The number of fused-ring (bicyclic) bond motifs is 1. The molecule has 2 aromatic rings. The SMILES string of the molecule is COC(=O)c1sc2cc(NC(=S)NNC(=O)CC#N)ccc2c1Cl. The Morgan fingerprint density at radius 1 is 1.42 bits per heavy atom. The molecule has 1 heterocycles. The molecule has 1 aromatic carbocycles. The van der Waals surface area contributed by atoms with Gasteiger partial charge in [-0.2, -0.15) is 5.26 Å². The first kappa shape index (κ1) is 17.9. The van der Waals surface area contributed by atoms with Gasteiger partial charge in [0.05, 0.1) is 18.2 Å². The number of carbonyl (C=O) groups is 2. The lowest BCUT2D eigenvalue weighted by Crippen LogP contribution is -2.43. The minimum atomic E-state index is -0.495. The number of halogens is 1. The highest BCUT2D eigenvalue weighted by Crippen LogP contribution is 2.37. The second-order valence-corrected chi connectivity index (χ2v) is 6.25. The minimum Gasteiger partial charge on any atom is -0.465 e. The summed E-state index contributed by atoms with van der Waals surface area (Å²) >= 11 is 12.4. The fraction of sp³-hybridized carbons (Fsp3) is 0.143. The first-order valence-corrected chi connectivity index (χ1v) is 8.09. The maximum atomic E-state index is 11.7. The van der Waals surface area contributed by atoms with Crippen LogP contribution < -0.4 is 16.2 Å². The monoisotopic (exact) mass is 382 g/mol. The average Bonchev–Trinajstić information content (AvgIpc) is 2.89. The van der Waals surface area contributed by atoms with E-state index in [9.17, 15) is 9.59 Å². The zero-order valence-electron chi connectivity index (χ0n) is 12.3. The van der Waals surface area contributed by atoms with Gasteiger partial charge in [0.25, 0.3) is 5.91 Å². The summed E-state index contributed by atoms with van der Waals surface area (Å²) < 4.78 is 5.47. The van der Waals surface area contributed by atoms with Crippen molar-refractivity contribution in [2.24, 2.45) is 0 Å². The van der Waals surface area contributed by atoms with Gasteiger partial charge in [-0.3, -0.25) is 15.6 Å². The summed E-state index contributed by atoms with van der Waals surface area (Å²) in [5.41, 5.74) is 5.40. The number of hydrazine groups is 1. The highest BCUT2D eigenvalue weighted by atomic mass is 35.5. The smallest absolute Gasteiger partial charge is 0.349 e. The molecule has 0 saturated carbocycles. The van der Waals surface area contributed by atoms with Crippen LogP contribution >= 0.6 is 35.2 Å². The molecule has 0 fully saturated rings. The lowest BCUT2D eigenvalue weighted by molar-refractivity contribution is -0.120. The van der Waals surface area contributed by atoms with E-state index in [2.05, 4.69) is 16.2 Å². The molecule has 1 amide bonds. The predicted octanol–water partition coefficient (Wildman–Crippen LogP) is 2.57. The van der Waals surface area contributed by atoms with Crippen LogP contribution in [0.4, 0.5) is 5.69 Å². The van der Waals surface area contributed by atoms with E-state index in [1.807, 2.05) is 0 Å². The Hall–Kier alpha value is -2.41. The molecule has 3 N–H and O–H groups in total. The van der Waals surface area contributed by atoms with Gasteiger partial charge in [-0.1, -0.05) is 11.6 Å². The first-order valence-electron chi connectivity index (χ1n) is 6.49. The number of nitriles is 1. The van der Waals surface area contributed by atoms with E-state index < -0.39 is 11.9 Å². The molecule has 124 valence electrons. The van der Waals surface area contributed by atoms with Gasteiger partial charge < -0.3 is 10.1 Å². The second-order valence-electron chi connectivity index (χ2n) is 4.41. The van der Waals surface area contributed by atoms with Gasteiger partial charge >= 0.3 is 5.97 Å². The molecule has 1 aromatic heterocycles. The van der Waals surface area contributed by atoms with E-state index in [0.717, 1.165) is 10.1 Å². The van der Waals surface area contributed by atoms with E-state index in [1.54, 1.807) is 24.3 Å². The zero-order chi connectivity index (χ0) is 17.7. The quantitative estimate of drug-likeness (QED) is 0.426. The topological polar surface area (TPSA) is 103 Å². The number of thiocarbonyl (C=S) groups is 1. The third-order valence-corrected chi connectivity index (χ3v) is 4.65. The number of methoxy groups -OCH3 is 1. The third-order valence-electron chi connectivity index (χ3n) is 2.81. The molecule has 7 nitrogen and oxygen atoms in total. The Balaban J connectivity index is 2.11. The standard InChI is InChI=1S/C14H11ClN4O3S2/c1-22-13(21)12-11(15)8-3-2-7(6-9(8)24-12)17-14(23)19-18-10(20)4-5-16/h2-3,6H,4H2,1H3,(H,18,20)(H2,17,19,23). The van der Waals surface area contributed by atoms with E-state index in [1.165, 1.54) is 18.4 Å². The summed E-state index contributed by atoms with van der Waals surface area (Å²) in [6.45, 7) is 0. The van der Waals surface area contributed by atoms with E-state index in [-0.39, 0.29) is 11.5 Å². The van der Waals surface area contributed by atoms with Gasteiger partial charge in [0, 0.05) is 15.8 Å².